The number of amides is 6. The molecule has 6 N–H and O–H groups in total. The number of unbranched alkanes of at least 4 members (excludes halogenated alkanes) is 48. The van der Waals surface area contributed by atoms with Gasteiger partial charge in [0.05, 0.1) is 0 Å². The molecule has 0 aromatic carbocycles. The van der Waals surface area contributed by atoms with Gasteiger partial charge < -0.3 is 46.6 Å². The van der Waals surface area contributed by atoms with Gasteiger partial charge in [0, 0.05) is 209 Å². The van der Waals surface area contributed by atoms with Crippen molar-refractivity contribution >= 4 is 136 Å². The van der Waals surface area contributed by atoms with Crippen molar-refractivity contribution < 1.29 is 47.9 Å². The van der Waals surface area contributed by atoms with Gasteiger partial charge in [-0.1, -0.05) is 401 Å². The van der Waals surface area contributed by atoms with E-state index in [1.807, 2.05) is 37.3 Å². The van der Waals surface area contributed by atoms with E-state index in [-0.39, 0.29) is 84.3 Å². The second kappa shape index (κ2) is 106. The third-order valence-electron chi connectivity index (χ3n) is 24.8. The Morgan fingerprint density at radius 1 is 0.174 bits per heavy atom. The maximum atomic E-state index is 13.5. The minimum atomic E-state index is -0.168. The second-order valence-electron chi connectivity index (χ2n) is 37.3. The van der Waals surface area contributed by atoms with Crippen molar-refractivity contribution in [2.24, 2.45) is 0 Å². The Hall–Kier alpha value is -2.17. The van der Waals surface area contributed by atoms with Crippen molar-refractivity contribution in [3.8, 4) is 0 Å². The molecule has 0 aliphatic heterocycles. The van der Waals surface area contributed by atoms with Crippen LogP contribution in [-0.2, 0) is 47.9 Å². The summed E-state index contributed by atoms with van der Waals surface area (Å²) in [6.07, 6.45) is 77.7. The molecule has 0 bridgehead atoms. The smallest absolute Gasteiger partial charge is 0.221 e. The largest absolute Gasteiger partial charge is 0.356 e. The van der Waals surface area contributed by atoms with Crippen molar-refractivity contribution in [3.63, 3.8) is 0 Å². The van der Waals surface area contributed by atoms with Gasteiger partial charge in [-0.05, 0) is 70.2 Å². The van der Waals surface area contributed by atoms with Crippen LogP contribution in [0.15, 0.2) is 0 Å². The van der Waals surface area contributed by atoms with E-state index in [4.69, 9.17) is 0 Å². The molecule has 0 saturated heterocycles. The van der Waals surface area contributed by atoms with Crippen LogP contribution in [0.4, 0.5) is 0 Å². The van der Waals surface area contributed by atoms with Crippen LogP contribution in [0.3, 0.4) is 0 Å². The molecule has 0 heterocycles. The van der Waals surface area contributed by atoms with E-state index in [1.165, 1.54) is 327 Å². The molecular formula is C106H203N9O10S7. The number of Topliss-reactive ketones (excluding diaryl/α,β-unsaturated/α-hetero) is 4. The average Bonchev–Trinajstić information content (AvgIpc) is 0.945. The molecular weight excluding hydrogens is 1780 g/mol. The Labute approximate surface area is 839 Å². The fourth-order valence-corrected chi connectivity index (χ4v) is 23.0. The number of carbonyl (C=O) groups is 10. The molecule has 0 rings (SSSR count). The molecule has 0 saturated carbocycles. The van der Waals surface area contributed by atoms with Crippen molar-refractivity contribution in [2.75, 3.05) is 138 Å². The Morgan fingerprint density at radius 3 is 0.674 bits per heavy atom. The van der Waals surface area contributed by atoms with E-state index < -0.39 is 0 Å². The van der Waals surface area contributed by atoms with E-state index in [2.05, 4.69) is 82.0 Å². The predicted octanol–water partition coefficient (Wildman–Crippen LogP) is 26.3. The van der Waals surface area contributed by atoms with E-state index >= 15 is 0 Å². The van der Waals surface area contributed by atoms with Gasteiger partial charge in [0.2, 0.25) is 35.4 Å². The Bertz CT molecular complexity index is 2590. The first kappa shape index (κ1) is 130. The number of hydrogen-bond donors (Lipinski definition) is 7. The summed E-state index contributed by atoms with van der Waals surface area (Å²) in [7, 11) is 10.9. The maximum absolute atomic E-state index is 13.5. The number of rotatable bonds is 110. The molecule has 774 valence electrons. The lowest BCUT2D eigenvalue weighted by molar-refractivity contribution is -0.123. The SMILES string of the molecule is CCCCCCCCCCCCCCCCCCCSSCCC(=O)CCCNC(=O)CCN(CCNC(=O)CCN(CCC)CCC(=O)CCCN(CCC(=O)CCCNC(=O)CCSSCCCCCCCCCCCCCCCCCCC)CCC(=O)NCCNC(=O)CCS)CCC(=O)CCCNC(=O)CCSSCCCCCCCCCCCCCCCCCCC. The van der Waals surface area contributed by atoms with Crippen LogP contribution in [0.5, 0.6) is 0 Å². The van der Waals surface area contributed by atoms with E-state index in [0.29, 0.717) is 187 Å². The topological polar surface area (TPSA) is 253 Å². The van der Waals surface area contributed by atoms with Gasteiger partial charge >= 0.3 is 0 Å². The van der Waals surface area contributed by atoms with Crippen molar-refractivity contribution in [2.45, 2.75) is 477 Å². The molecule has 0 radical (unpaired) electrons. The number of nitrogens with zero attached hydrogens (tertiary/aromatic N) is 3. The van der Waals surface area contributed by atoms with Crippen LogP contribution in [0.2, 0.25) is 0 Å². The Kier molecular flexibility index (Phi) is 104. The summed E-state index contributed by atoms with van der Waals surface area (Å²) < 4.78 is 0. The minimum absolute atomic E-state index is 0.00626. The first-order chi connectivity index (χ1) is 64.6. The summed E-state index contributed by atoms with van der Waals surface area (Å²) in [6.45, 7) is 15.5. The maximum Gasteiger partial charge on any atom is 0.221 e. The van der Waals surface area contributed by atoms with Crippen LogP contribution in [0.1, 0.15) is 477 Å². The molecule has 0 aliphatic rings. The lowest BCUT2D eigenvalue weighted by atomic mass is 10.0. The summed E-state index contributed by atoms with van der Waals surface area (Å²) >= 11 is 4.11. The van der Waals surface area contributed by atoms with Crippen molar-refractivity contribution in [3.05, 3.63) is 0 Å². The molecule has 132 heavy (non-hydrogen) atoms. The summed E-state index contributed by atoms with van der Waals surface area (Å²) in [5.41, 5.74) is 0. The van der Waals surface area contributed by atoms with Gasteiger partial charge in [0.25, 0.3) is 0 Å². The molecule has 0 fully saturated rings. The van der Waals surface area contributed by atoms with E-state index in [1.54, 1.807) is 32.4 Å². The lowest BCUT2D eigenvalue weighted by Gasteiger charge is -2.23. The molecule has 26 heteroatoms. The van der Waals surface area contributed by atoms with Gasteiger partial charge in [0.15, 0.2) is 0 Å². The highest BCUT2D eigenvalue weighted by atomic mass is 33.1. The molecule has 0 aliphatic carbocycles. The third-order valence-corrected chi connectivity index (χ3v) is 32.5. The molecule has 0 aromatic rings. The summed E-state index contributed by atoms with van der Waals surface area (Å²) in [4.78, 5) is 136. The Morgan fingerprint density at radius 2 is 0.386 bits per heavy atom. The monoisotopic (exact) mass is 1990 g/mol. The number of nitrogens with one attached hydrogen (secondary N) is 6. The van der Waals surface area contributed by atoms with E-state index in [9.17, 15) is 47.9 Å². The highest BCUT2D eigenvalue weighted by Crippen LogP contribution is 2.28. The second-order valence-corrected chi connectivity index (χ2v) is 45.9. The minimum Gasteiger partial charge on any atom is -0.356 e. The number of carbonyl (C=O) groups excluding carboxylic acids is 10. The zero-order valence-corrected chi connectivity index (χ0v) is 91.2. The van der Waals surface area contributed by atoms with Gasteiger partial charge in [0.1, 0.15) is 23.1 Å². The predicted molar refractivity (Wildman–Crippen MR) is 582 cm³/mol. The first-order valence-corrected chi connectivity index (χ1v) is 62.9. The molecule has 0 aromatic heterocycles. The lowest BCUT2D eigenvalue weighted by Crippen LogP contribution is -2.39. The molecule has 0 atom stereocenters. The van der Waals surface area contributed by atoms with Crippen LogP contribution in [-0.4, -0.2) is 212 Å². The highest BCUT2D eigenvalue weighted by molar-refractivity contribution is 8.77. The molecule has 6 amide bonds. The summed E-state index contributed by atoms with van der Waals surface area (Å²) in [5.74, 6) is 6.07. The van der Waals surface area contributed by atoms with Crippen LogP contribution >= 0.6 is 77.4 Å². The van der Waals surface area contributed by atoms with Crippen LogP contribution < -0.4 is 31.9 Å². The molecule has 0 unspecified atom stereocenters. The first-order valence-electron chi connectivity index (χ1n) is 54.8. The molecule has 19 nitrogen and oxygen atoms in total. The quantitative estimate of drug-likeness (QED) is 0.0170. The Balaban J connectivity index is 5.13. The number of hydrogen-bond acceptors (Lipinski definition) is 20. The highest BCUT2D eigenvalue weighted by Gasteiger charge is 2.18. The fourth-order valence-electron chi connectivity index (χ4n) is 16.3. The normalized spacial score (nSPS) is 11.5. The van der Waals surface area contributed by atoms with Crippen molar-refractivity contribution in [1.82, 2.24) is 46.6 Å². The summed E-state index contributed by atoms with van der Waals surface area (Å²) in [6, 6.07) is 0. The summed E-state index contributed by atoms with van der Waals surface area (Å²) in [5, 5.41) is 17.7. The number of thiol groups is 1. The van der Waals surface area contributed by atoms with Crippen molar-refractivity contribution in [1.29, 1.82) is 0 Å². The number of ketones is 4. The fraction of sp³-hybridized carbons (Fsp3) is 0.906. The van der Waals surface area contributed by atoms with Gasteiger partial charge in [-0.15, -0.1) is 0 Å². The van der Waals surface area contributed by atoms with Gasteiger partial charge in [-0.3, -0.25) is 47.9 Å². The van der Waals surface area contributed by atoms with Crippen LogP contribution in [0.25, 0.3) is 0 Å². The average molecular weight is 1990 g/mol. The zero-order chi connectivity index (χ0) is 96.0. The standard InChI is InChI=1S/C106H203N9O10S7/c1-5-9-12-15-18-21-24-27-30-33-36-39-42-45-48-51-54-91-127-130-94-72-100(119)63-59-75-107-101(120)70-88-115(85-67-98(117)62-58-77-109-106(125)74-96-132-129-93-56-53-50-47-44-41-38-35-32-29-26-23-20-17-14-11-7-3)89-80-112-103(122)68-86-113(81-8-4)83-65-99(118)64-60-82-114(87-69-102(121)110-78-79-111-104(123)71-90-126)84-66-97(116)61-57-76-108-105(124)73-95-131-128-92-55-52-49-46-43-40-37-34-31-28-25-22-19-16-13-10-6-2/h126H,5-96H2,1-4H3,(H,107,120)(H,108,124)(H,109,125)(H,110,121)(H,111,123)(H,112,122). The van der Waals surface area contributed by atoms with E-state index in [0.717, 1.165) is 47.5 Å². The van der Waals surface area contributed by atoms with Crippen LogP contribution in [0, 0.1) is 0 Å². The zero-order valence-electron chi connectivity index (χ0n) is 85.4. The third kappa shape index (κ3) is 101. The molecule has 0 spiro atoms. The van der Waals surface area contributed by atoms with Gasteiger partial charge in [-0.2, -0.15) is 12.6 Å². The van der Waals surface area contributed by atoms with Gasteiger partial charge in [-0.25, -0.2) is 0 Å².